The van der Waals surface area contributed by atoms with Crippen LogP contribution >= 0.6 is 0 Å². The maximum Gasteiger partial charge on any atom is 0.125 e. The number of aryl methyl sites for hydroxylation is 1. The number of hydrogen-bond donors (Lipinski definition) is 0. The number of benzene rings is 2. The highest BCUT2D eigenvalue weighted by atomic mass is 19.1. The van der Waals surface area contributed by atoms with E-state index in [1.54, 1.807) is 10.7 Å². The molecule has 0 aliphatic carbocycles. The predicted molar refractivity (Wildman–Crippen MR) is 65.8 cm³/mol. The third-order valence-corrected chi connectivity index (χ3v) is 2.83. The van der Waals surface area contributed by atoms with E-state index in [1.165, 1.54) is 12.1 Å². The first-order valence-electron chi connectivity index (χ1n) is 5.46. The Balaban J connectivity index is 2.34. The first-order valence-corrected chi connectivity index (χ1v) is 5.46. The van der Waals surface area contributed by atoms with Crippen molar-refractivity contribution in [2.75, 3.05) is 0 Å². The summed E-state index contributed by atoms with van der Waals surface area (Å²) >= 11 is 0. The molecule has 3 rings (SSSR count). The lowest BCUT2D eigenvalue weighted by atomic mass is 10.2. The summed E-state index contributed by atoms with van der Waals surface area (Å²) < 4.78 is 15.1. The van der Waals surface area contributed by atoms with Gasteiger partial charge in [0.2, 0.25) is 0 Å². The van der Waals surface area contributed by atoms with Crippen molar-refractivity contribution in [1.29, 1.82) is 0 Å². The molecule has 0 aliphatic rings. The van der Waals surface area contributed by atoms with Crippen molar-refractivity contribution in [2.24, 2.45) is 0 Å². The van der Waals surface area contributed by atoms with Gasteiger partial charge in [0, 0.05) is 11.5 Å². The number of aromatic nitrogens is 2. The van der Waals surface area contributed by atoms with Crippen LogP contribution in [0.4, 0.5) is 4.39 Å². The summed E-state index contributed by atoms with van der Waals surface area (Å²) in [6.45, 7) is 1.93. The van der Waals surface area contributed by atoms with E-state index in [-0.39, 0.29) is 5.82 Å². The maximum absolute atomic E-state index is 13.3. The fourth-order valence-corrected chi connectivity index (χ4v) is 2.01. The van der Waals surface area contributed by atoms with Crippen LogP contribution in [-0.4, -0.2) is 9.78 Å². The van der Waals surface area contributed by atoms with Crippen molar-refractivity contribution in [1.82, 2.24) is 9.78 Å². The third-order valence-electron chi connectivity index (χ3n) is 2.83. The molecule has 0 aliphatic heterocycles. The molecule has 0 amide bonds. The van der Waals surface area contributed by atoms with Gasteiger partial charge in [0.25, 0.3) is 0 Å². The number of hydrogen-bond acceptors (Lipinski definition) is 1. The van der Waals surface area contributed by atoms with Crippen molar-refractivity contribution < 1.29 is 4.39 Å². The second kappa shape index (κ2) is 3.70. The Hall–Kier alpha value is -2.16. The monoisotopic (exact) mass is 226 g/mol. The zero-order chi connectivity index (χ0) is 11.8. The molecule has 0 unspecified atom stereocenters. The highest BCUT2D eigenvalue weighted by Gasteiger charge is 2.09. The molecule has 0 saturated heterocycles. The van der Waals surface area contributed by atoms with Crippen LogP contribution in [-0.2, 0) is 0 Å². The topological polar surface area (TPSA) is 17.8 Å². The van der Waals surface area contributed by atoms with Crippen LogP contribution in [0.5, 0.6) is 0 Å². The molecule has 17 heavy (non-hydrogen) atoms. The zero-order valence-corrected chi connectivity index (χ0v) is 9.39. The van der Waals surface area contributed by atoms with Gasteiger partial charge >= 0.3 is 0 Å². The largest absolute Gasteiger partial charge is 0.233 e. The smallest absolute Gasteiger partial charge is 0.125 e. The normalized spacial score (nSPS) is 10.9. The number of para-hydroxylation sites is 1. The van der Waals surface area contributed by atoms with Crippen molar-refractivity contribution >= 4 is 10.9 Å². The number of fused-ring (bicyclic) bond motifs is 1. The van der Waals surface area contributed by atoms with E-state index in [0.29, 0.717) is 0 Å². The van der Waals surface area contributed by atoms with Gasteiger partial charge in [0.1, 0.15) is 5.82 Å². The molecule has 0 fully saturated rings. The van der Waals surface area contributed by atoms with Crippen molar-refractivity contribution in [3.05, 3.63) is 60.0 Å². The van der Waals surface area contributed by atoms with Crippen LogP contribution < -0.4 is 0 Å². The summed E-state index contributed by atoms with van der Waals surface area (Å²) in [6.07, 6.45) is 0. The third kappa shape index (κ3) is 1.60. The van der Waals surface area contributed by atoms with Gasteiger partial charge in [-0.1, -0.05) is 18.2 Å². The first-order chi connectivity index (χ1) is 8.25. The van der Waals surface area contributed by atoms with Crippen LogP contribution in [0.1, 0.15) is 5.69 Å². The lowest BCUT2D eigenvalue weighted by Crippen LogP contribution is -1.95. The number of nitrogens with zero attached hydrogens (tertiary/aromatic N) is 2. The van der Waals surface area contributed by atoms with E-state index < -0.39 is 0 Å². The quantitative estimate of drug-likeness (QED) is 0.621. The molecule has 84 valence electrons. The maximum atomic E-state index is 13.3. The Kier molecular flexibility index (Phi) is 2.18. The van der Waals surface area contributed by atoms with Gasteiger partial charge in [-0.3, -0.25) is 0 Å². The van der Waals surface area contributed by atoms with Gasteiger partial charge in [0.15, 0.2) is 0 Å². The summed E-state index contributed by atoms with van der Waals surface area (Å²) in [6, 6.07) is 14.5. The summed E-state index contributed by atoms with van der Waals surface area (Å²) in [7, 11) is 0. The minimum absolute atomic E-state index is 0.241. The molecule has 1 heterocycles. The molecule has 0 spiro atoms. The van der Waals surface area contributed by atoms with Gasteiger partial charge < -0.3 is 0 Å². The van der Waals surface area contributed by atoms with Crippen LogP contribution in [0, 0.1) is 12.7 Å². The molecule has 0 N–H and O–H groups in total. The van der Waals surface area contributed by atoms with Gasteiger partial charge in [-0.2, -0.15) is 5.10 Å². The molecule has 3 aromatic rings. The fourth-order valence-electron chi connectivity index (χ4n) is 2.01. The second-order valence-electron chi connectivity index (χ2n) is 3.99. The second-order valence-corrected chi connectivity index (χ2v) is 3.99. The van der Waals surface area contributed by atoms with Crippen LogP contribution in [0.15, 0.2) is 48.5 Å². The fraction of sp³-hybridized carbons (Fsp3) is 0.0714. The van der Waals surface area contributed by atoms with Crippen LogP contribution in [0.2, 0.25) is 0 Å². The SMILES string of the molecule is Cc1nn(-c2ccccc2)c2cc(F)ccc12. The van der Waals surface area contributed by atoms with Crippen molar-refractivity contribution in [3.8, 4) is 5.69 Å². The molecule has 0 radical (unpaired) electrons. The average Bonchev–Trinajstić information content (AvgIpc) is 2.67. The summed E-state index contributed by atoms with van der Waals surface area (Å²) in [5, 5.41) is 5.43. The lowest BCUT2D eigenvalue weighted by Gasteiger charge is -2.02. The highest BCUT2D eigenvalue weighted by Crippen LogP contribution is 2.22. The molecule has 0 bridgehead atoms. The Bertz CT molecular complexity index is 671. The van der Waals surface area contributed by atoms with E-state index in [4.69, 9.17) is 0 Å². The molecule has 2 aromatic carbocycles. The van der Waals surface area contributed by atoms with E-state index in [1.807, 2.05) is 37.3 Å². The molecule has 1 aromatic heterocycles. The number of halogens is 1. The molecule has 3 heteroatoms. The van der Waals surface area contributed by atoms with Crippen LogP contribution in [0.3, 0.4) is 0 Å². The Morgan fingerprint density at radius 2 is 1.82 bits per heavy atom. The molecular weight excluding hydrogens is 215 g/mol. The van der Waals surface area contributed by atoms with Gasteiger partial charge in [0.05, 0.1) is 16.9 Å². The zero-order valence-electron chi connectivity index (χ0n) is 9.39. The Morgan fingerprint density at radius 1 is 1.06 bits per heavy atom. The minimum atomic E-state index is -0.241. The van der Waals surface area contributed by atoms with Crippen molar-refractivity contribution in [3.63, 3.8) is 0 Å². The minimum Gasteiger partial charge on any atom is -0.233 e. The summed E-state index contributed by atoms with van der Waals surface area (Å²) in [5.74, 6) is -0.241. The molecule has 0 saturated carbocycles. The van der Waals surface area contributed by atoms with Gasteiger partial charge in [-0.05, 0) is 31.2 Å². The molecular formula is C14H11FN2. The van der Waals surface area contributed by atoms with Crippen LogP contribution in [0.25, 0.3) is 16.6 Å². The van der Waals surface area contributed by atoms with Gasteiger partial charge in [-0.15, -0.1) is 0 Å². The predicted octanol–water partition coefficient (Wildman–Crippen LogP) is 3.47. The van der Waals surface area contributed by atoms with E-state index >= 15 is 0 Å². The number of rotatable bonds is 1. The highest BCUT2D eigenvalue weighted by molar-refractivity contribution is 5.83. The first kappa shape index (κ1) is 10.0. The summed E-state index contributed by atoms with van der Waals surface area (Å²) in [5.41, 5.74) is 2.65. The Morgan fingerprint density at radius 3 is 2.59 bits per heavy atom. The standard InChI is InChI=1S/C14H11FN2/c1-10-13-8-7-11(15)9-14(13)17(16-10)12-5-3-2-4-6-12/h2-9H,1H3. The Labute approximate surface area is 98.3 Å². The molecule has 2 nitrogen and oxygen atoms in total. The van der Waals surface area contributed by atoms with E-state index in [9.17, 15) is 4.39 Å². The lowest BCUT2D eigenvalue weighted by molar-refractivity contribution is 0.629. The average molecular weight is 226 g/mol. The summed E-state index contributed by atoms with van der Waals surface area (Å²) in [4.78, 5) is 0. The van der Waals surface area contributed by atoms with E-state index in [2.05, 4.69) is 5.10 Å². The van der Waals surface area contributed by atoms with Crippen molar-refractivity contribution in [2.45, 2.75) is 6.92 Å². The van der Waals surface area contributed by atoms with Gasteiger partial charge in [-0.25, -0.2) is 9.07 Å². The molecule has 0 atom stereocenters. The van der Waals surface area contributed by atoms with E-state index in [0.717, 1.165) is 22.3 Å².